The Labute approximate surface area is 94.4 Å². The van der Waals surface area contributed by atoms with Crippen LogP contribution < -0.4 is 5.73 Å². The predicted octanol–water partition coefficient (Wildman–Crippen LogP) is 3.46. The summed E-state index contributed by atoms with van der Waals surface area (Å²) in [6.45, 7) is 0. The third kappa shape index (κ3) is 2.50. The van der Waals surface area contributed by atoms with Gasteiger partial charge in [0.1, 0.15) is 5.82 Å². The van der Waals surface area contributed by atoms with Gasteiger partial charge in [-0.1, -0.05) is 24.1 Å². The first-order chi connectivity index (χ1) is 7.16. The van der Waals surface area contributed by atoms with Crippen molar-refractivity contribution in [3.8, 4) is 0 Å². The van der Waals surface area contributed by atoms with E-state index in [0.717, 1.165) is 31.2 Å². The molecule has 15 heavy (non-hydrogen) atoms. The summed E-state index contributed by atoms with van der Waals surface area (Å²) in [6, 6.07) is 5.15. The van der Waals surface area contributed by atoms with Crippen LogP contribution in [0, 0.1) is 5.82 Å². The fourth-order valence-electron chi connectivity index (χ4n) is 2.34. The average Bonchev–Trinajstić information content (AvgIpc) is 2.17. The van der Waals surface area contributed by atoms with Crippen LogP contribution in [0.1, 0.15) is 37.2 Å². The minimum atomic E-state index is -0.193. The fourth-order valence-corrected chi connectivity index (χ4v) is 2.50. The Hall–Kier alpha value is -0.600. The average molecular weight is 228 g/mol. The summed E-state index contributed by atoms with van der Waals surface area (Å²) in [5.74, 6) is 0.0765. The van der Waals surface area contributed by atoms with Crippen molar-refractivity contribution in [2.24, 2.45) is 5.73 Å². The molecule has 1 aromatic rings. The van der Waals surface area contributed by atoms with E-state index in [0.29, 0.717) is 5.02 Å². The van der Waals surface area contributed by atoms with Crippen molar-refractivity contribution in [2.45, 2.75) is 37.6 Å². The summed E-state index contributed by atoms with van der Waals surface area (Å²) in [5.41, 5.74) is 6.67. The number of hydrogen-bond acceptors (Lipinski definition) is 1. The number of nitrogens with two attached hydrogens (primary N) is 1. The molecular weight excluding hydrogens is 213 g/mol. The zero-order valence-electron chi connectivity index (χ0n) is 8.55. The van der Waals surface area contributed by atoms with Crippen LogP contribution in [0.25, 0.3) is 0 Å². The van der Waals surface area contributed by atoms with Gasteiger partial charge in [0.25, 0.3) is 0 Å². The lowest BCUT2D eigenvalue weighted by molar-refractivity contribution is 0.384. The molecule has 82 valence electrons. The molecule has 2 N–H and O–H groups in total. The van der Waals surface area contributed by atoms with Gasteiger partial charge in [-0.25, -0.2) is 4.39 Å². The summed E-state index contributed by atoms with van der Waals surface area (Å²) in [4.78, 5) is 0. The maximum atomic E-state index is 13.6. The summed E-state index contributed by atoms with van der Waals surface area (Å²) in [5, 5.41) is 0.455. The topological polar surface area (TPSA) is 26.0 Å². The molecule has 2 atom stereocenters. The second-order valence-electron chi connectivity index (χ2n) is 4.29. The van der Waals surface area contributed by atoms with Crippen molar-refractivity contribution in [2.75, 3.05) is 0 Å². The molecule has 1 aromatic carbocycles. The third-order valence-electron chi connectivity index (χ3n) is 3.12. The molecule has 0 radical (unpaired) electrons. The van der Waals surface area contributed by atoms with E-state index in [-0.39, 0.29) is 17.8 Å². The van der Waals surface area contributed by atoms with Gasteiger partial charge >= 0.3 is 0 Å². The highest BCUT2D eigenvalue weighted by Crippen LogP contribution is 2.34. The number of halogens is 2. The van der Waals surface area contributed by atoms with Crippen molar-refractivity contribution >= 4 is 11.6 Å². The van der Waals surface area contributed by atoms with E-state index in [1.807, 2.05) is 0 Å². The van der Waals surface area contributed by atoms with Crippen LogP contribution >= 0.6 is 11.6 Å². The second kappa shape index (κ2) is 4.50. The van der Waals surface area contributed by atoms with Crippen molar-refractivity contribution in [3.63, 3.8) is 0 Å². The molecule has 0 saturated heterocycles. The van der Waals surface area contributed by atoms with E-state index >= 15 is 0 Å². The SMILES string of the molecule is NC1CCCC(c2ccc(Cl)cc2F)C1. The Morgan fingerprint density at radius 3 is 2.80 bits per heavy atom. The molecule has 1 saturated carbocycles. The van der Waals surface area contributed by atoms with Crippen molar-refractivity contribution in [3.05, 3.63) is 34.6 Å². The quantitative estimate of drug-likeness (QED) is 0.781. The van der Waals surface area contributed by atoms with Gasteiger partial charge in [-0.05, 0) is 42.9 Å². The minimum absolute atomic E-state index is 0.193. The lowest BCUT2D eigenvalue weighted by atomic mass is 9.81. The largest absolute Gasteiger partial charge is 0.328 e. The minimum Gasteiger partial charge on any atom is -0.328 e. The molecule has 0 spiro atoms. The van der Waals surface area contributed by atoms with Crippen molar-refractivity contribution < 1.29 is 4.39 Å². The van der Waals surface area contributed by atoms with E-state index in [2.05, 4.69) is 0 Å². The number of hydrogen-bond donors (Lipinski definition) is 1. The number of rotatable bonds is 1. The van der Waals surface area contributed by atoms with Gasteiger partial charge in [-0.15, -0.1) is 0 Å². The lowest BCUT2D eigenvalue weighted by Gasteiger charge is -2.27. The first-order valence-corrected chi connectivity index (χ1v) is 5.75. The van der Waals surface area contributed by atoms with Crippen LogP contribution in [-0.4, -0.2) is 6.04 Å². The Kier molecular flexibility index (Phi) is 3.27. The zero-order valence-corrected chi connectivity index (χ0v) is 9.30. The van der Waals surface area contributed by atoms with Crippen molar-refractivity contribution in [1.29, 1.82) is 0 Å². The van der Waals surface area contributed by atoms with Gasteiger partial charge in [-0.3, -0.25) is 0 Å². The summed E-state index contributed by atoms with van der Waals surface area (Å²) < 4.78 is 13.6. The Morgan fingerprint density at radius 1 is 1.33 bits per heavy atom. The highest BCUT2D eigenvalue weighted by molar-refractivity contribution is 6.30. The van der Waals surface area contributed by atoms with Gasteiger partial charge in [0.05, 0.1) is 0 Å². The molecule has 1 aliphatic carbocycles. The molecule has 2 unspecified atom stereocenters. The van der Waals surface area contributed by atoms with Crippen LogP contribution in [0.2, 0.25) is 5.02 Å². The highest BCUT2D eigenvalue weighted by Gasteiger charge is 2.22. The van der Waals surface area contributed by atoms with Gasteiger partial charge < -0.3 is 5.73 Å². The summed E-state index contributed by atoms with van der Waals surface area (Å²) in [6.07, 6.45) is 4.07. The predicted molar refractivity (Wildman–Crippen MR) is 60.6 cm³/mol. The Morgan fingerprint density at radius 2 is 2.13 bits per heavy atom. The van der Waals surface area contributed by atoms with Crippen LogP contribution in [0.3, 0.4) is 0 Å². The zero-order chi connectivity index (χ0) is 10.8. The van der Waals surface area contributed by atoms with Gasteiger partial charge in [0.15, 0.2) is 0 Å². The maximum Gasteiger partial charge on any atom is 0.128 e. The monoisotopic (exact) mass is 227 g/mol. The second-order valence-corrected chi connectivity index (χ2v) is 4.73. The molecule has 0 heterocycles. The maximum absolute atomic E-state index is 13.6. The van der Waals surface area contributed by atoms with E-state index in [1.165, 1.54) is 6.07 Å². The molecule has 3 heteroatoms. The smallest absolute Gasteiger partial charge is 0.128 e. The van der Waals surface area contributed by atoms with E-state index in [1.54, 1.807) is 12.1 Å². The molecular formula is C12H15ClFN. The van der Waals surface area contributed by atoms with Crippen LogP contribution in [0.5, 0.6) is 0 Å². The molecule has 1 fully saturated rings. The fraction of sp³-hybridized carbons (Fsp3) is 0.500. The van der Waals surface area contributed by atoms with E-state index in [4.69, 9.17) is 17.3 Å². The molecule has 0 aromatic heterocycles. The normalized spacial score (nSPS) is 26.6. The van der Waals surface area contributed by atoms with E-state index in [9.17, 15) is 4.39 Å². The molecule has 0 amide bonds. The molecule has 0 aliphatic heterocycles. The van der Waals surface area contributed by atoms with Crippen LogP contribution in [0.4, 0.5) is 4.39 Å². The lowest BCUT2D eigenvalue weighted by Crippen LogP contribution is -2.27. The Bertz CT molecular complexity index is 353. The summed E-state index contributed by atoms with van der Waals surface area (Å²) >= 11 is 5.72. The third-order valence-corrected chi connectivity index (χ3v) is 3.35. The van der Waals surface area contributed by atoms with Crippen LogP contribution in [-0.2, 0) is 0 Å². The van der Waals surface area contributed by atoms with Gasteiger partial charge in [0, 0.05) is 11.1 Å². The number of benzene rings is 1. The van der Waals surface area contributed by atoms with Gasteiger partial charge in [-0.2, -0.15) is 0 Å². The molecule has 1 nitrogen and oxygen atoms in total. The van der Waals surface area contributed by atoms with Crippen LogP contribution in [0.15, 0.2) is 18.2 Å². The molecule has 1 aliphatic rings. The highest BCUT2D eigenvalue weighted by atomic mass is 35.5. The molecule has 2 rings (SSSR count). The van der Waals surface area contributed by atoms with Crippen molar-refractivity contribution in [1.82, 2.24) is 0 Å². The molecule has 0 bridgehead atoms. The summed E-state index contributed by atoms with van der Waals surface area (Å²) in [7, 11) is 0. The Balaban J connectivity index is 2.21. The standard InChI is InChI=1S/C12H15ClFN/c13-9-4-5-11(12(14)7-9)8-2-1-3-10(15)6-8/h4-5,7-8,10H,1-3,6,15H2. The first kappa shape index (κ1) is 10.9. The van der Waals surface area contributed by atoms with E-state index < -0.39 is 0 Å². The first-order valence-electron chi connectivity index (χ1n) is 5.37. The van der Waals surface area contributed by atoms with Gasteiger partial charge in [0.2, 0.25) is 0 Å².